The molecule has 1 aromatic heterocycles. The number of anilines is 3. The Morgan fingerprint density at radius 3 is 2.84 bits per heavy atom. The van der Waals surface area contributed by atoms with Crippen molar-refractivity contribution >= 4 is 23.0 Å². The summed E-state index contributed by atoms with van der Waals surface area (Å²) in [5, 5.41) is 10.4. The number of hydrogen-bond acceptors (Lipinski definition) is 4. The molecule has 0 unspecified atom stereocenters. The van der Waals surface area contributed by atoms with Gasteiger partial charge in [-0.25, -0.2) is 0 Å². The van der Waals surface area contributed by atoms with Gasteiger partial charge in [0.1, 0.15) is 18.3 Å². The van der Waals surface area contributed by atoms with Crippen LogP contribution in [0.1, 0.15) is 11.5 Å². The molecular formula is C19H18N4O2. The fourth-order valence-corrected chi connectivity index (χ4v) is 2.94. The lowest BCUT2D eigenvalue weighted by atomic mass is 10.0. The van der Waals surface area contributed by atoms with E-state index in [1.807, 2.05) is 61.8 Å². The van der Waals surface area contributed by atoms with Crippen LogP contribution in [0.5, 0.6) is 5.75 Å². The number of aromatic nitrogens is 2. The van der Waals surface area contributed by atoms with E-state index in [1.165, 1.54) is 0 Å². The van der Waals surface area contributed by atoms with Crippen LogP contribution in [0, 0.1) is 0 Å². The molecule has 25 heavy (non-hydrogen) atoms. The molecule has 1 amide bonds. The summed E-state index contributed by atoms with van der Waals surface area (Å²) >= 11 is 0. The second kappa shape index (κ2) is 6.32. The smallest absolute Gasteiger partial charge is 0.235 e. The number of fused-ring (bicyclic) bond motifs is 1. The molecule has 0 saturated carbocycles. The van der Waals surface area contributed by atoms with Gasteiger partial charge in [-0.05, 0) is 24.3 Å². The van der Waals surface area contributed by atoms with Crippen LogP contribution in [-0.4, -0.2) is 22.3 Å². The monoisotopic (exact) mass is 334 g/mol. The SMILES string of the molecule is Cn1cc(Nc2cccc(NC(=O)[C@H]3COc4ccccc43)c2)cn1. The van der Waals surface area contributed by atoms with Gasteiger partial charge in [0.25, 0.3) is 0 Å². The number of hydrogen-bond donors (Lipinski definition) is 2. The van der Waals surface area contributed by atoms with E-state index in [4.69, 9.17) is 4.74 Å². The number of benzene rings is 2. The zero-order chi connectivity index (χ0) is 17.2. The molecule has 0 aliphatic carbocycles. The average Bonchev–Trinajstić information content (AvgIpc) is 3.21. The van der Waals surface area contributed by atoms with E-state index < -0.39 is 0 Å². The summed E-state index contributed by atoms with van der Waals surface area (Å²) in [6, 6.07) is 15.3. The minimum Gasteiger partial charge on any atom is -0.492 e. The molecule has 0 fully saturated rings. The second-order valence-electron chi connectivity index (χ2n) is 6.00. The summed E-state index contributed by atoms with van der Waals surface area (Å²) in [4.78, 5) is 12.6. The van der Waals surface area contributed by atoms with E-state index >= 15 is 0 Å². The maximum absolute atomic E-state index is 12.6. The second-order valence-corrected chi connectivity index (χ2v) is 6.00. The van der Waals surface area contributed by atoms with Crippen molar-refractivity contribution in [3.8, 4) is 5.75 Å². The van der Waals surface area contributed by atoms with Crippen LogP contribution in [0.25, 0.3) is 0 Å². The standard InChI is InChI=1S/C19H18N4O2/c1-23-11-15(10-20-23)21-13-5-4-6-14(9-13)22-19(24)17-12-25-18-8-3-2-7-16(17)18/h2-11,17,21H,12H2,1H3,(H,22,24)/t17-/m0/s1. The Bertz CT molecular complexity index is 919. The van der Waals surface area contributed by atoms with Crippen molar-refractivity contribution < 1.29 is 9.53 Å². The van der Waals surface area contributed by atoms with Crippen LogP contribution < -0.4 is 15.4 Å². The Labute approximate surface area is 145 Å². The summed E-state index contributed by atoms with van der Waals surface area (Å²) in [6.45, 7) is 0.374. The van der Waals surface area contributed by atoms with Crippen LogP contribution in [0.4, 0.5) is 17.1 Å². The highest BCUT2D eigenvalue weighted by atomic mass is 16.5. The first kappa shape index (κ1) is 15.3. The number of rotatable bonds is 4. The number of carbonyl (C=O) groups excluding carboxylic acids is 1. The van der Waals surface area contributed by atoms with Crippen molar-refractivity contribution in [3.05, 3.63) is 66.5 Å². The predicted molar refractivity (Wildman–Crippen MR) is 96.2 cm³/mol. The minimum atomic E-state index is -0.286. The number of ether oxygens (including phenoxy) is 1. The molecule has 3 aromatic rings. The number of nitrogens with one attached hydrogen (secondary N) is 2. The zero-order valence-corrected chi connectivity index (χ0v) is 13.8. The Kier molecular flexibility index (Phi) is 3.85. The normalized spacial score (nSPS) is 15.3. The Morgan fingerprint density at radius 1 is 1.16 bits per heavy atom. The molecule has 2 N–H and O–H groups in total. The third-order valence-corrected chi connectivity index (χ3v) is 4.14. The fourth-order valence-electron chi connectivity index (χ4n) is 2.94. The van der Waals surface area contributed by atoms with Gasteiger partial charge in [-0.2, -0.15) is 5.10 Å². The molecule has 6 nitrogen and oxygen atoms in total. The minimum absolute atomic E-state index is 0.0662. The van der Waals surface area contributed by atoms with Gasteiger partial charge in [-0.1, -0.05) is 24.3 Å². The third kappa shape index (κ3) is 3.19. The lowest BCUT2D eigenvalue weighted by Gasteiger charge is -2.12. The van der Waals surface area contributed by atoms with Gasteiger partial charge in [-0.15, -0.1) is 0 Å². The van der Waals surface area contributed by atoms with Gasteiger partial charge in [0, 0.05) is 30.2 Å². The van der Waals surface area contributed by atoms with E-state index in [9.17, 15) is 4.79 Å². The quantitative estimate of drug-likeness (QED) is 0.768. The van der Waals surface area contributed by atoms with Gasteiger partial charge in [0.05, 0.1) is 11.9 Å². The first-order valence-corrected chi connectivity index (χ1v) is 8.07. The molecule has 2 aromatic carbocycles. The summed E-state index contributed by atoms with van der Waals surface area (Å²) in [7, 11) is 1.86. The van der Waals surface area contributed by atoms with Crippen LogP contribution in [0.15, 0.2) is 60.9 Å². The van der Waals surface area contributed by atoms with Crippen molar-refractivity contribution in [2.24, 2.45) is 7.05 Å². The molecule has 126 valence electrons. The highest BCUT2D eigenvalue weighted by Crippen LogP contribution is 2.34. The molecule has 0 radical (unpaired) electrons. The zero-order valence-electron chi connectivity index (χ0n) is 13.8. The maximum atomic E-state index is 12.6. The summed E-state index contributed by atoms with van der Waals surface area (Å²) in [5.41, 5.74) is 3.45. The summed E-state index contributed by atoms with van der Waals surface area (Å²) in [5.74, 6) is 0.435. The molecule has 4 rings (SSSR count). The molecule has 0 spiro atoms. The highest BCUT2D eigenvalue weighted by molar-refractivity contribution is 5.97. The molecule has 1 aliphatic rings. The molecular weight excluding hydrogens is 316 g/mol. The van der Waals surface area contributed by atoms with E-state index in [2.05, 4.69) is 15.7 Å². The predicted octanol–water partition coefficient (Wildman–Crippen LogP) is 3.28. The van der Waals surface area contributed by atoms with Crippen LogP contribution in [-0.2, 0) is 11.8 Å². The van der Waals surface area contributed by atoms with E-state index in [1.54, 1.807) is 10.9 Å². The first-order valence-electron chi connectivity index (χ1n) is 8.07. The summed E-state index contributed by atoms with van der Waals surface area (Å²) in [6.07, 6.45) is 3.64. The number of carbonyl (C=O) groups is 1. The van der Waals surface area contributed by atoms with Gasteiger partial charge in [0.15, 0.2) is 0 Å². The fraction of sp³-hybridized carbons (Fsp3) is 0.158. The number of para-hydroxylation sites is 1. The van der Waals surface area contributed by atoms with E-state index in [0.717, 1.165) is 28.4 Å². The molecule has 0 saturated heterocycles. The lowest BCUT2D eigenvalue weighted by Crippen LogP contribution is -2.22. The van der Waals surface area contributed by atoms with Crippen LogP contribution >= 0.6 is 0 Å². The van der Waals surface area contributed by atoms with Gasteiger partial charge < -0.3 is 15.4 Å². The topological polar surface area (TPSA) is 68.2 Å². The highest BCUT2D eigenvalue weighted by Gasteiger charge is 2.29. The Hall–Kier alpha value is -3.28. The van der Waals surface area contributed by atoms with Crippen molar-refractivity contribution in [2.75, 3.05) is 17.2 Å². The molecule has 2 heterocycles. The van der Waals surface area contributed by atoms with Crippen molar-refractivity contribution in [2.45, 2.75) is 5.92 Å². The third-order valence-electron chi connectivity index (χ3n) is 4.14. The Morgan fingerprint density at radius 2 is 2.00 bits per heavy atom. The van der Waals surface area contributed by atoms with Gasteiger partial charge in [0.2, 0.25) is 5.91 Å². The lowest BCUT2D eigenvalue weighted by molar-refractivity contribution is -0.117. The molecule has 1 atom stereocenters. The molecule has 0 bridgehead atoms. The molecule has 6 heteroatoms. The van der Waals surface area contributed by atoms with Gasteiger partial charge >= 0.3 is 0 Å². The summed E-state index contributed by atoms with van der Waals surface area (Å²) < 4.78 is 7.32. The maximum Gasteiger partial charge on any atom is 0.235 e. The van der Waals surface area contributed by atoms with Crippen molar-refractivity contribution in [1.82, 2.24) is 9.78 Å². The first-order chi connectivity index (χ1) is 12.2. The average molecular weight is 334 g/mol. The van der Waals surface area contributed by atoms with E-state index in [-0.39, 0.29) is 11.8 Å². The van der Waals surface area contributed by atoms with Crippen molar-refractivity contribution in [1.29, 1.82) is 0 Å². The number of amides is 1. The largest absolute Gasteiger partial charge is 0.492 e. The number of nitrogens with zero attached hydrogens (tertiary/aromatic N) is 2. The van der Waals surface area contributed by atoms with E-state index in [0.29, 0.717) is 6.61 Å². The van der Waals surface area contributed by atoms with Crippen LogP contribution in [0.2, 0.25) is 0 Å². The molecule has 1 aliphatic heterocycles. The number of aryl methyl sites for hydroxylation is 1. The van der Waals surface area contributed by atoms with Gasteiger partial charge in [-0.3, -0.25) is 9.48 Å². The Balaban J connectivity index is 1.48. The van der Waals surface area contributed by atoms with Crippen molar-refractivity contribution in [3.63, 3.8) is 0 Å². The van der Waals surface area contributed by atoms with Crippen LogP contribution in [0.3, 0.4) is 0 Å².